The van der Waals surface area contributed by atoms with Gasteiger partial charge in [0.2, 0.25) is 0 Å². The Morgan fingerprint density at radius 3 is 2.06 bits per heavy atom. The van der Waals surface area contributed by atoms with Gasteiger partial charge < -0.3 is 15.4 Å². The third-order valence-electron chi connectivity index (χ3n) is 4.80. The summed E-state index contributed by atoms with van der Waals surface area (Å²) in [5, 5.41) is 6.64. The van der Waals surface area contributed by atoms with Gasteiger partial charge in [0.25, 0.3) is 10.0 Å². The molecule has 0 aromatic heterocycles. The molecule has 0 saturated carbocycles. The Hall–Kier alpha value is -4.04. The lowest BCUT2D eigenvalue weighted by atomic mass is 10.1. The number of amides is 2. The number of carbonyl (C=O) groups is 1. The lowest BCUT2D eigenvalue weighted by Gasteiger charge is -2.14. The van der Waals surface area contributed by atoms with Gasteiger partial charge in [-0.25, -0.2) is 13.2 Å². The second-order valence-corrected chi connectivity index (χ2v) is 8.59. The first-order valence-corrected chi connectivity index (χ1v) is 11.3. The molecule has 2 amide bonds. The largest absolute Gasteiger partial charge is 0.497 e. The molecule has 8 heteroatoms. The topological polar surface area (TPSA) is 96.5 Å². The second-order valence-electron chi connectivity index (χ2n) is 6.94. The van der Waals surface area contributed by atoms with Crippen molar-refractivity contribution in [2.75, 3.05) is 22.5 Å². The molecule has 7 nitrogen and oxygen atoms in total. The Bertz CT molecular complexity index is 1360. The summed E-state index contributed by atoms with van der Waals surface area (Å²) in [6, 6.07) is 25.3. The van der Waals surface area contributed by atoms with Crippen LogP contribution in [0.4, 0.5) is 21.9 Å². The minimum absolute atomic E-state index is 0.109. The average Bonchev–Trinajstić information content (AvgIpc) is 2.80. The number of hydrogen-bond donors (Lipinski definition) is 3. The van der Waals surface area contributed by atoms with E-state index >= 15 is 0 Å². The molecule has 4 aromatic rings. The van der Waals surface area contributed by atoms with Crippen molar-refractivity contribution in [1.82, 2.24) is 0 Å². The summed E-state index contributed by atoms with van der Waals surface area (Å²) in [6.45, 7) is 0. The fourth-order valence-electron chi connectivity index (χ4n) is 3.29. The van der Waals surface area contributed by atoms with Crippen LogP contribution in [0.5, 0.6) is 5.75 Å². The van der Waals surface area contributed by atoms with Gasteiger partial charge in [-0.2, -0.15) is 0 Å². The van der Waals surface area contributed by atoms with Crippen LogP contribution in [0.3, 0.4) is 0 Å². The third kappa shape index (κ3) is 4.65. The maximum absolute atomic E-state index is 13.1. The van der Waals surface area contributed by atoms with Gasteiger partial charge in [0.1, 0.15) is 5.75 Å². The number of sulfonamides is 1. The van der Waals surface area contributed by atoms with E-state index in [-0.39, 0.29) is 4.90 Å². The van der Waals surface area contributed by atoms with Crippen molar-refractivity contribution in [2.24, 2.45) is 0 Å². The van der Waals surface area contributed by atoms with Crippen molar-refractivity contribution < 1.29 is 17.9 Å². The van der Waals surface area contributed by atoms with Crippen LogP contribution in [0.25, 0.3) is 10.8 Å². The van der Waals surface area contributed by atoms with Crippen LogP contribution >= 0.6 is 0 Å². The summed E-state index contributed by atoms with van der Waals surface area (Å²) in [5.41, 5.74) is 1.56. The van der Waals surface area contributed by atoms with Crippen LogP contribution in [-0.4, -0.2) is 21.6 Å². The van der Waals surface area contributed by atoms with Gasteiger partial charge in [-0.1, -0.05) is 42.5 Å². The number of para-hydroxylation sites is 1. The van der Waals surface area contributed by atoms with E-state index in [9.17, 15) is 13.2 Å². The van der Waals surface area contributed by atoms with Crippen molar-refractivity contribution in [3.05, 3.63) is 91.0 Å². The quantitative estimate of drug-likeness (QED) is 0.374. The summed E-state index contributed by atoms with van der Waals surface area (Å²) in [6.07, 6.45) is 0. The number of urea groups is 1. The number of nitrogens with one attached hydrogen (secondary N) is 3. The summed E-state index contributed by atoms with van der Waals surface area (Å²) < 4.78 is 33.9. The molecule has 32 heavy (non-hydrogen) atoms. The molecule has 0 spiro atoms. The molecular formula is C24H21N3O4S. The first-order chi connectivity index (χ1) is 15.5. The zero-order valence-electron chi connectivity index (χ0n) is 17.2. The van der Waals surface area contributed by atoms with Gasteiger partial charge in [-0.05, 0) is 48.5 Å². The maximum Gasteiger partial charge on any atom is 0.323 e. The first kappa shape index (κ1) is 21.2. The highest BCUT2D eigenvalue weighted by Crippen LogP contribution is 2.31. The molecule has 0 bridgehead atoms. The smallest absolute Gasteiger partial charge is 0.323 e. The number of benzene rings is 4. The van der Waals surface area contributed by atoms with Gasteiger partial charge in [-0.3, -0.25) is 4.72 Å². The standard InChI is InChI=1S/C24H21N3O4S/c1-31-19-13-11-18(12-14-19)27-32(29,30)23-16-15-22(20-9-5-6-10-21(20)23)26-24(28)25-17-7-3-2-4-8-17/h2-16,27H,1H3,(H2,25,26,28). The number of fused-ring (bicyclic) bond motifs is 1. The molecule has 0 saturated heterocycles. The molecule has 162 valence electrons. The fraction of sp³-hybridized carbons (Fsp3) is 0.0417. The van der Waals surface area contributed by atoms with Crippen LogP contribution in [0.1, 0.15) is 0 Å². The van der Waals surface area contributed by atoms with Crippen molar-refractivity contribution in [1.29, 1.82) is 0 Å². The number of methoxy groups -OCH3 is 1. The van der Waals surface area contributed by atoms with Crippen molar-refractivity contribution in [2.45, 2.75) is 4.90 Å². The van der Waals surface area contributed by atoms with Gasteiger partial charge in [0.05, 0.1) is 17.7 Å². The Labute approximate surface area is 186 Å². The molecule has 4 rings (SSSR count). The van der Waals surface area contributed by atoms with E-state index < -0.39 is 16.1 Å². The first-order valence-electron chi connectivity index (χ1n) is 9.78. The van der Waals surface area contributed by atoms with Crippen molar-refractivity contribution in [3.8, 4) is 5.75 Å². The van der Waals surface area contributed by atoms with E-state index in [1.807, 2.05) is 18.2 Å². The fourth-order valence-corrected chi connectivity index (χ4v) is 4.56. The average molecular weight is 448 g/mol. The van der Waals surface area contributed by atoms with Gasteiger partial charge in [-0.15, -0.1) is 0 Å². The molecule has 0 radical (unpaired) electrons. The molecule has 0 unspecified atom stereocenters. The Balaban J connectivity index is 1.63. The monoisotopic (exact) mass is 447 g/mol. The second kappa shape index (κ2) is 8.99. The summed E-state index contributed by atoms with van der Waals surface area (Å²) in [4.78, 5) is 12.5. The van der Waals surface area contributed by atoms with Crippen LogP contribution < -0.4 is 20.1 Å². The minimum Gasteiger partial charge on any atom is -0.497 e. The van der Waals surface area contributed by atoms with E-state index in [0.29, 0.717) is 33.6 Å². The van der Waals surface area contributed by atoms with Crippen molar-refractivity contribution >= 4 is 43.9 Å². The number of carbonyl (C=O) groups excluding carboxylic acids is 1. The molecule has 0 aliphatic heterocycles. The molecule has 0 fully saturated rings. The third-order valence-corrected chi connectivity index (χ3v) is 6.24. The van der Waals surface area contributed by atoms with E-state index in [1.165, 1.54) is 6.07 Å². The lowest BCUT2D eigenvalue weighted by molar-refractivity contribution is 0.262. The Kier molecular flexibility index (Phi) is 5.96. The number of anilines is 3. The van der Waals surface area contributed by atoms with Crippen molar-refractivity contribution in [3.63, 3.8) is 0 Å². The van der Waals surface area contributed by atoms with Gasteiger partial charge in [0.15, 0.2) is 0 Å². The maximum atomic E-state index is 13.1. The normalized spacial score (nSPS) is 11.0. The highest BCUT2D eigenvalue weighted by molar-refractivity contribution is 7.93. The lowest BCUT2D eigenvalue weighted by Crippen LogP contribution is -2.20. The Morgan fingerprint density at radius 1 is 0.719 bits per heavy atom. The molecule has 3 N–H and O–H groups in total. The Morgan fingerprint density at radius 2 is 1.38 bits per heavy atom. The summed E-state index contributed by atoms with van der Waals surface area (Å²) in [7, 11) is -2.33. The van der Waals surface area contributed by atoms with Crippen LogP contribution in [-0.2, 0) is 10.0 Å². The van der Waals surface area contributed by atoms with E-state index in [2.05, 4.69) is 15.4 Å². The number of ether oxygens (including phenoxy) is 1. The number of hydrogen-bond acceptors (Lipinski definition) is 4. The highest BCUT2D eigenvalue weighted by atomic mass is 32.2. The zero-order chi connectivity index (χ0) is 22.6. The van der Waals surface area contributed by atoms with Crippen LogP contribution in [0, 0.1) is 0 Å². The van der Waals surface area contributed by atoms with E-state index in [0.717, 1.165) is 0 Å². The minimum atomic E-state index is -3.87. The summed E-state index contributed by atoms with van der Waals surface area (Å²) >= 11 is 0. The molecule has 0 atom stereocenters. The SMILES string of the molecule is COc1ccc(NS(=O)(=O)c2ccc(NC(=O)Nc3ccccc3)c3ccccc23)cc1. The van der Waals surface area contributed by atoms with Crippen LogP contribution in [0.15, 0.2) is 95.9 Å². The molecule has 0 heterocycles. The number of rotatable bonds is 6. The van der Waals surface area contributed by atoms with Crippen LogP contribution in [0.2, 0.25) is 0 Å². The van der Waals surface area contributed by atoms with Gasteiger partial charge >= 0.3 is 6.03 Å². The van der Waals surface area contributed by atoms with E-state index in [1.54, 1.807) is 73.8 Å². The molecule has 0 aliphatic carbocycles. The molecule has 0 aliphatic rings. The highest BCUT2D eigenvalue weighted by Gasteiger charge is 2.19. The zero-order valence-corrected chi connectivity index (χ0v) is 18.0. The van der Waals surface area contributed by atoms with Gasteiger partial charge in [0, 0.05) is 22.1 Å². The summed E-state index contributed by atoms with van der Waals surface area (Å²) in [5.74, 6) is 0.627. The van der Waals surface area contributed by atoms with E-state index in [4.69, 9.17) is 4.74 Å². The molecule has 4 aromatic carbocycles. The predicted octanol–water partition coefficient (Wildman–Crippen LogP) is 5.29. The molecular weight excluding hydrogens is 426 g/mol. The predicted molar refractivity (Wildman–Crippen MR) is 127 cm³/mol.